The molecule has 1 unspecified atom stereocenters. The minimum absolute atomic E-state index is 0.744. The summed E-state index contributed by atoms with van der Waals surface area (Å²) < 4.78 is 0. The fraction of sp³-hybridized carbons (Fsp3) is 0.429. The van der Waals surface area contributed by atoms with Gasteiger partial charge < -0.3 is 0 Å². The van der Waals surface area contributed by atoms with E-state index in [0.29, 0.717) is 0 Å². The van der Waals surface area contributed by atoms with E-state index in [1.807, 2.05) is 0 Å². The van der Waals surface area contributed by atoms with Gasteiger partial charge in [0.1, 0.15) is 0 Å². The Morgan fingerprint density at radius 1 is 1.20 bits per heavy atom. The highest BCUT2D eigenvalue weighted by atomic mass is 28.3. The SMILES string of the molecule is CCC[Si](C)(C)C1C=Cc2ccccc21. The Kier molecular flexibility index (Phi) is 2.83. The van der Waals surface area contributed by atoms with Gasteiger partial charge >= 0.3 is 0 Å². The number of hydrogen-bond acceptors (Lipinski definition) is 0. The molecule has 0 heterocycles. The first-order valence-electron chi connectivity index (χ1n) is 5.92. The Labute approximate surface area is 94.0 Å². The molecule has 1 aromatic carbocycles. The van der Waals surface area contributed by atoms with E-state index in [1.54, 1.807) is 5.56 Å². The van der Waals surface area contributed by atoms with Crippen molar-refractivity contribution >= 4 is 14.1 Å². The molecule has 1 aliphatic carbocycles. The maximum Gasteiger partial charge on any atom is 0.0596 e. The van der Waals surface area contributed by atoms with Crippen molar-refractivity contribution in [1.29, 1.82) is 0 Å². The molecule has 0 spiro atoms. The fourth-order valence-corrected chi connectivity index (χ4v) is 6.05. The number of hydrogen-bond donors (Lipinski definition) is 0. The second-order valence-corrected chi connectivity index (χ2v) is 10.3. The Balaban J connectivity index is 2.31. The van der Waals surface area contributed by atoms with Crippen molar-refractivity contribution in [2.45, 2.75) is 38.0 Å². The Morgan fingerprint density at radius 3 is 2.67 bits per heavy atom. The van der Waals surface area contributed by atoms with Crippen molar-refractivity contribution in [3.05, 3.63) is 41.5 Å². The average molecular weight is 216 g/mol. The molecular weight excluding hydrogens is 196 g/mol. The maximum atomic E-state index is 2.52. The summed E-state index contributed by atoms with van der Waals surface area (Å²) in [6.45, 7) is 7.35. The molecule has 15 heavy (non-hydrogen) atoms. The van der Waals surface area contributed by atoms with Gasteiger partial charge in [0.15, 0.2) is 0 Å². The van der Waals surface area contributed by atoms with Crippen molar-refractivity contribution in [1.82, 2.24) is 0 Å². The smallest absolute Gasteiger partial charge is 0.0596 e. The standard InChI is InChI=1S/C14H20Si/c1-4-11-15(2,3)14-10-9-12-7-5-6-8-13(12)14/h5-10,14H,4,11H2,1-3H3. The predicted octanol–water partition coefficient (Wildman–Crippen LogP) is 4.45. The van der Waals surface area contributed by atoms with Gasteiger partial charge in [-0.3, -0.25) is 0 Å². The summed E-state index contributed by atoms with van der Waals surface area (Å²) >= 11 is 0. The lowest BCUT2D eigenvalue weighted by atomic mass is 10.1. The van der Waals surface area contributed by atoms with Crippen LogP contribution >= 0.6 is 0 Å². The molecule has 1 aromatic rings. The van der Waals surface area contributed by atoms with Gasteiger partial charge in [0.2, 0.25) is 0 Å². The van der Waals surface area contributed by atoms with Gasteiger partial charge in [-0.1, -0.05) is 68.9 Å². The van der Waals surface area contributed by atoms with Gasteiger partial charge in [0, 0.05) is 0 Å². The van der Waals surface area contributed by atoms with Crippen LogP contribution in [0.3, 0.4) is 0 Å². The van der Waals surface area contributed by atoms with Crippen LogP contribution in [0.25, 0.3) is 6.08 Å². The molecule has 0 saturated carbocycles. The topological polar surface area (TPSA) is 0 Å². The molecule has 0 amide bonds. The molecule has 0 saturated heterocycles. The van der Waals surface area contributed by atoms with Crippen LogP contribution in [0.1, 0.15) is 30.0 Å². The third-order valence-electron chi connectivity index (χ3n) is 3.54. The largest absolute Gasteiger partial charge is 0.0791 e. The lowest BCUT2D eigenvalue weighted by Gasteiger charge is -2.29. The molecule has 0 fully saturated rings. The van der Waals surface area contributed by atoms with E-state index in [0.717, 1.165) is 5.54 Å². The highest BCUT2D eigenvalue weighted by molar-refractivity contribution is 6.79. The molecule has 80 valence electrons. The molecule has 0 N–H and O–H groups in total. The van der Waals surface area contributed by atoms with Gasteiger partial charge in [0.25, 0.3) is 0 Å². The normalized spacial score (nSPS) is 19.3. The van der Waals surface area contributed by atoms with E-state index in [1.165, 1.54) is 18.0 Å². The first kappa shape index (κ1) is 10.7. The zero-order chi connectivity index (χ0) is 10.9. The van der Waals surface area contributed by atoms with Crippen LogP contribution in [0.5, 0.6) is 0 Å². The van der Waals surface area contributed by atoms with Crippen LogP contribution in [-0.2, 0) is 0 Å². The summed E-state index contributed by atoms with van der Waals surface area (Å²) in [6, 6.07) is 10.3. The molecule has 0 aliphatic heterocycles. The summed E-state index contributed by atoms with van der Waals surface area (Å²) in [7, 11) is -1.11. The second-order valence-electron chi connectivity index (χ2n) is 5.20. The quantitative estimate of drug-likeness (QED) is 0.655. The van der Waals surface area contributed by atoms with E-state index in [4.69, 9.17) is 0 Å². The van der Waals surface area contributed by atoms with Crippen LogP contribution in [0.4, 0.5) is 0 Å². The molecule has 1 aliphatic rings. The van der Waals surface area contributed by atoms with Crippen LogP contribution in [0.2, 0.25) is 19.1 Å². The second kappa shape index (κ2) is 3.97. The van der Waals surface area contributed by atoms with Gasteiger partial charge in [-0.2, -0.15) is 0 Å². The summed E-state index contributed by atoms with van der Waals surface area (Å²) in [5.74, 6) is 0. The minimum atomic E-state index is -1.11. The number of fused-ring (bicyclic) bond motifs is 1. The number of allylic oxidation sites excluding steroid dienone is 1. The highest BCUT2D eigenvalue weighted by Gasteiger charge is 2.33. The van der Waals surface area contributed by atoms with Crippen LogP contribution < -0.4 is 0 Å². The van der Waals surface area contributed by atoms with E-state index in [9.17, 15) is 0 Å². The third kappa shape index (κ3) is 1.93. The fourth-order valence-electron chi connectivity index (χ4n) is 2.73. The van der Waals surface area contributed by atoms with Crippen molar-refractivity contribution in [3.63, 3.8) is 0 Å². The van der Waals surface area contributed by atoms with Gasteiger partial charge in [-0.05, 0) is 16.7 Å². The maximum absolute atomic E-state index is 2.52. The van der Waals surface area contributed by atoms with Gasteiger partial charge in [-0.15, -0.1) is 0 Å². The van der Waals surface area contributed by atoms with E-state index in [-0.39, 0.29) is 0 Å². The Morgan fingerprint density at radius 2 is 1.93 bits per heavy atom. The molecule has 0 bridgehead atoms. The van der Waals surface area contributed by atoms with E-state index in [2.05, 4.69) is 56.4 Å². The first-order valence-corrected chi connectivity index (χ1v) is 9.21. The van der Waals surface area contributed by atoms with Gasteiger partial charge in [-0.25, -0.2) is 0 Å². The molecule has 0 radical (unpaired) electrons. The molecule has 0 aromatic heterocycles. The van der Waals surface area contributed by atoms with Crippen LogP contribution in [0, 0.1) is 0 Å². The lowest BCUT2D eigenvalue weighted by molar-refractivity contribution is 1.00. The van der Waals surface area contributed by atoms with Crippen molar-refractivity contribution in [2.24, 2.45) is 0 Å². The zero-order valence-corrected chi connectivity index (χ0v) is 11.0. The Hall–Kier alpha value is -0.823. The van der Waals surface area contributed by atoms with Crippen molar-refractivity contribution < 1.29 is 0 Å². The summed E-state index contributed by atoms with van der Waals surface area (Å²) in [6.07, 6.45) is 6.07. The number of rotatable bonds is 3. The molecule has 0 nitrogen and oxygen atoms in total. The van der Waals surface area contributed by atoms with Crippen LogP contribution in [0.15, 0.2) is 30.3 Å². The summed E-state index contributed by atoms with van der Waals surface area (Å²) in [4.78, 5) is 0. The first-order chi connectivity index (χ1) is 7.15. The molecule has 2 rings (SSSR count). The predicted molar refractivity (Wildman–Crippen MR) is 70.8 cm³/mol. The van der Waals surface area contributed by atoms with E-state index < -0.39 is 8.07 Å². The van der Waals surface area contributed by atoms with E-state index >= 15 is 0 Å². The molecule has 1 heteroatoms. The molecule has 1 atom stereocenters. The summed E-state index contributed by atoms with van der Waals surface area (Å²) in [5.41, 5.74) is 3.76. The van der Waals surface area contributed by atoms with Crippen molar-refractivity contribution in [3.8, 4) is 0 Å². The summed E-state index contributed by atoms with van der Waals surface area (Å²) in [5, 5.41) is 0. The minimum Gasteiger partial charge on any atom is -0.0791 e. The van der Waals surface area contributed by atoms with Crippen LogP contribution in [-0.4, -0.2) is 8.07 Å². The monoisotopic (exact) mass is 216 g/mol. The average Bonchev–Trinajstić information content (AvgIpc) is 2.61. The highest BCUT2D eigenvalue weighted by Crippen LogP contribution is 2.38. The lowest BCUT2D eigenvalue weighted by Crippen LogP contribution is -2.32. The third-order valence-corrected chi connectivity index (χ3v) is 7.51. The van der Waals surface area contributed by atoms with Crippen molar-refractivity contribution in [2.75, 3.05) is 0 Å². The van der Waals surface area contributed by atoms with Gasteiger partial charge in [0.05, 0.1) is 8.07 Å². The number of benzene rings is 1. The molecular formula is C14H20Si. The Bertz CT molecular complexity index is 377. The zero-order valence-electron chi connectivity index (χ0n) is 9.96.